The molecule has 0 amide bonds. The molecule has 1 spiro atoms. The summed E-state index contributed by atoms with van der Waals surface area (Å²) in [6.07, 6.45) is 7.64. The van der Waals surface area contributed by atoms with E-state index >= 15 is 0 Å². The van der Waals surface area contributed by atoms with Crippen LogP contribution in [0.15, 0.2) is 24.3 Å². The van der Waals surface area contributed by atoms with Gasteiger partial charge in [-0.15, -0.1) is 0 Å². The third-order valence-electron chi connectivity index (χ3n) is 3.21. The van der Waals surface area contributed by atoms with E-state index in [0.717, 1.165) is 19.3 Å². The lowest BCUT2D eigenvalue weighted by Gasteiger charge is -2.30. The lowest BCUT2D eigenvalue weighted by Crippen LogP contribution is -2.29. The van der Waals surface area contributed by atoms with Gasteiger partial charge >= 0.3 is 5.97 Å². The zero-order valence-electron chi connectivity index (χ0n) is 8.58. The smallest absolute Gasteiger partial charge is 0.306 e. The molecule has 0 bridgehead atoms. The van der Waals surface area contributed by atoms with Gasteiger partial charge in [0.05, 0.1) is 0 Å². The summed E-state index contributed by atoms with van der Waals surface area (Å²) in [4.78, 5) is 11.1. The van der Waals surface area contributed by atoms with Gasteiger partial charge in [-0.05, 0) is 31.8 Å². The molecule has 14 heavy (non-hydrogen) atoms. The van der Waals surface area contributed by atoms with E-state index in [-0.39, 0.29) is 11.6 Å². The Bertz CT molecular complexity index is 303. The van der Waals surface area contributed by atoms with Crippen LogP contribution in [0.2, 0.25) is 0 Å². The number of esters is 1. The van der Waals surface area contributed by atoms with Crippen LogP contribution in [0.3, 0.4) is 0 Å². The largest absolute Gasteiger partial charge is 0.455 e. The first kappa shape index (κ1) is 9.50. The molecule has 0 radical (unpaired) electrons. The Hall–Kier alpha value is -1.05. The fraction of sp³-hybridized carbons (Fsp3) is 0.583. The van der Waals surface area contributed by atoms with E-state index < -0.39 is 0 Å². The summed E-state index contributed by atoms with van der Waals surface area (Å²) in [5, 5.41) is 0. The highest BCUT2D eigenvalue weighted by Gasteiger charge is 2.40. The Morgan fingerprint density at radius 3 is 2.86 bits per heavy atom. The molecule has 0 saturated carbocycles. The highest BCUT2D eigenvalue weighted by atomic mass is 16.6. The minimum atomic E-state index is -0.261. The first-order chi connectivity index (χ1) is 6.61. The number of ether oxygens (including phenoxy) is 1. The quantitative estimate of drug-likeness (QED) is 0.471. The number of allylic oxidation sites excluding steroid dienone is 2. The molecule has 2 aliphatic rings. The maximum absolute atomic E-state index is 11.1. The Labute approximate surface area is 84.6 Å². The molecule has 76 valence electrons. The van der Waals surface area contributed by atoms with Crippen LogP contribution in [0.1, 0.15) is 32.6 Å². The Morgan fingerprint density at radius 2 is 2.43 bits per heavy atom. The zero-order valence-corrected chi connectivity index (χ0v) is 8.58. The molecule has 2 heteroatoms. The summed E-state index contributed by atoms with van der Waals surface area (Å²) in [5.74, 6) is 0.420. The Balaban J connectivity index is 2.10. The predicted molar refractivity (Wildman–Crippen MR) is 54.7 cm³/mol. The molecule has 1 aliphatic heterocycles. The van der Waals surface area contributed by atoms with Gasteiger partial charge < -0.3 is 4.74 Å². The molecular formula is C12H16O2. The fourth-order valence-electron chi connectivity index (χ4n) is 2.22. The second-order valence-corrected chi connectivity index (χ2v) is 4.39. The first-order valence-corrected chi connectivity index (χ1v) is 5.18. The fourth-order valence-corrected chi connectivity index (χ4v) is 2.22. The van der Waals surface area contributed by atoms with Crippen molar-refractivity contribution in [2.75, 3.05) is 0 Å². The molecule has 0 aromatic carbocycles. The average molecular weight is 192 g/mol. The van der Waals surface area contributed by atoms with Crippen LogP contribution in [-0.4, -0.2) is 11.6 Å². The molecule has 0 aromatic heterocycles. The van der Waals surface area contributed by atoms with Crippen molar-refractivity contribution >= 4 is 5.97 Å². The van der Waals surface area contributed by atoms with Gasteiger partial charge in [0.15, 0.2) is 0 Å². The average Bonchev–Trinajstić information content (AvgIpc) is 2.48. The van der Waals surface area contributed by atoms with Gasteiger partial charge in [-0.3, -0.25) is 4.79 Å². The van der Waals surface area contributed by atoms with Crippen LogP contribution in [0.25, 0.3) is 0 Å². The van der Waals surface area contributed by atoms with Crippen molar-refractivity contribution < 1.29 is 9.53 Å². The minimum absolute atomic E-state index is 0.0524. The van der Waals surface area contributed by atoms with Crippen molar-refractivity contribution in [1.82, 2.24) is 0 Å². The van der Waals surface area contributed by atoms with E-state index in [1.807, 2.05) is 6.92 Å². The van der Waals surface area contributed by atoms with Gasteiger partial charge in [0.2, 0.25) is 0 Å². The maximum Gasteiger partial charge on any atom is 0.306 e. The predicted octanol–water partition coefficient (Wildman–Crippen LogP) is 2.60. The summed E-state index contributed by atoms with van der Waals surface area (Å²) in [5.41, 5.74) is 0.934. The number of hydrogen-bond acceptors (Lipinski definition) is 2. The van der Waals surface area contributed by atoms with E-state index in [4.69, 9.17) is 4.74 Å². The van der Waals surface area contributed by atoms with Crippen molar-refractivity contribution in [3.05, 3.63) is 24.3 Å². The second kappa shape index (κ2) is 3.26. The van der Waals surface area contributed by atoms with Crippen LogP contribution in [0, 0.1) is 5.92 Å². The van der Waals surface area contributed by atoms with Gasteiger partial charge in [-0.25, -0.2) is 0 Å². The SMILES string of the molecule is C=C(C)[C@@H]1C=C[C@@]2(CCC(=O)O2)CC1. The van der Waals surface area contributed by atoms with Gasteiger partial charge in [-0.1, -0.05) is 18.2 Å². The molecule has 1 saturated heterocycles. The maximum atomic E-state index is 11.1. The number of rotatable bonds is 1. The number of carbonyl (C=O) groups excluding carboxylic acids is 1. The Morgan fingerprint density at radius 1 is 1.64 bits per heavy atom. The van der Waals surface area contributed by atoms with Crippen molar-refractivity contribution in [1.29, 1.82) is 0 Å². The summed E-state index contributed by atoms with van der Waals surface area (Å²) in [7, 11) is 0. The van der Waals surface area contributed by atoms with Gasteiger partial charge in [0.25, 0.3) is 0 Å². The van der Waals surface area contributed by atoms with E-state index in [1.165, 1.54) is 5.57 Å². The molecule has 1 aliphatic carbocycles. The van der Waals surface area contributed by atoms with Crippen LogP contribution in [0.4, 0.5) is 0 Å². The van der Waals surface area contributed by atoms with E-state index in [2.05, 4.69) is 18.7 Å². The monoisotopic (exact) mass is 192 g/mol. The molecule has 2 atom stereocenters. The molecule has 0 N–H and O–H groups in total. The normalized spacial score (nSPS) is 36.1. The molecule has 1 heterocycles. The van der Waals surface area contributed by atoms with Crippen molar-refractivity contribution in [2.45, 2.75) is 38.2 Å². The number of hydrogen-bond donors (Lipinski definition) is 0. The van der Waals surface area contributed by atoms with Crippen LogP contribution >= 0.6 is 0 Å². The van der Waals surface area contributed by atoms with Crippen molar-refractivity contribution in [3.8, 4) is 0 Å². The molecule has 2 nitrogen and oxygen atoms in total. The zero-order chi connectivity index (χ0) is 10.2. The summed E-state index contributed by atoms with van der Waals surface area (Å²) in [6, 6.07) is 0. The van der Waals surface area contributed by atoms with E-state index in [1.54, 1.807) is 0 Å². The van der Waals surface area contributed by atoms with Crippen LogP contribution < -0.4 is 0 Å². The van der Waals surface area contributed by atoms with Gasteiger partial charge in [-0.2, -0.15) is 0 Å². The lowest BCUT2D eigenvalue weighted by atomic mass is 9.81. The first-order valence-electron chi connectivity index (χ1n) is 5.18. The third-order valence-corrected chi connectivity index (χ3v) is 3.21. The number of carbonyl (C=O) groups is 1. The van der Waals surface area contributed by atoms with Gasteiger partial charge in [0, 0.05) is 12.8 Å². The van der Waals surface area contributed by atoms with Gasteiger partial charge in [0.1, 0.15) is 5.60 Å². The molecule has 0 aromatic rings. The van der Waals surface area contributed by atoms with E-state index in [9.17, 15) is 4.79 Å². The molecule has 0 unspecified atom stereocenters. The van der Waals surface area contributed by atoms with E-state index in [0.29, 0.717) is 12.3 Å². The standard InChI is InChI=1S/C12H16O2/c1-9(2)10-3-6-12(7-4-10)8-5-11(13)14-12/h3,6,10H,1,4-5,7-8H2,2H3/t10-,12+/m1/s1. The Kier molecular flexibility index (Phi) is 2.22. The minimum Gasteiger partial charge on any atom is -0.455 e. The summed E-state index contributed by atoms with van der Waals surface area (Å²) < 4.78 is 5.36. The molecular weight excluding hydrogens is 176 g/mol. The highest BCUT2D eigenvalue weighted by Crippen LogP contribution is 2.38. The van der Waals surface area contributed by atoms with Crippen LogP contribution in [-0.2, 0) is 9.53 Å². The highest BCUT2D eigenvalue weighted by molar-refractivity contribution is 5.72. The summed E-state index contributed by atoms with van der Waals surface area (Å²) in [6.45, 7) is 6.00. The van der Waals surface area contributed by atoms with Crippen molar-refractivity contribution in [2.24, 2.45) is 5.92 Å². The third kappa shape index (κ3) is 1.61. The summed E-state index contributed by atoms with van der Waals surface area (Å²) >= 11 is 0. The lowest BCUT2D eigenvalue weighted by molar-refractivity contribution is -0.146. The van der Waals surface area contributed by atoms with Crippen LogP contribution in [0.5, 0.6) is 0 Å². The molecule has 1 fully saturated rings. The second-order valence-electron chi connectivity index (χ2n) is 4.39. The van der Waals surface area contributed by atoms with Crippen molar-refractivity contribution in [3.63, 3.8) is 0 Å². The topological polar surface area (TPSA) is 26.3 Å². The molecule has 2 rings (SSSR count).